The fourth-order valence-electron chi connectivity index (χ4n) is 1.32. The van der Waals surface area contributed by atoms with Crippen LogP contribution in [0.15, 0.2) is 24.3 Å². The van der Waals surface area contributed by atoms with Crippen molar-refractivity contribution in [2.45, 2.75) is 30.7 Å². The summed E-state index contributed by atoms with van der Waals surface area (Å²) in [4.78, 5) is 10.9. The molecule has 1 aromatic rings. The van der Waals surface area contributed by atoms with Crippen molar-refractivity contribution in [3.8, 4) is 5.75 Å². The van der Waals surface area contributed by atoms with Gasteiger partial charge in [-0.3, -0.25) is 4.79 Å². The van der Waals surface area contributed by atoms with Crippen LogP contribution in [0.3, 0.4) is 0 Å². The van der Waals surface area contributed by atoms with Crippen LogP contribution in [0.5, 0.6) is 5.75 Å². The van der Waals surface area contributed by atoms with Crippen LogP contribution in [0.25, 0.3) is 0 Å². The minimum atomic E-state index is -4.83. The highest BCUT2D eigenvalue weighted by atomic mass is 32.2. The van der Waals surface area contributed by atoms with E-state index in [0.717, 1.165) is 38.1 Å². The van der Waals surface area contributed by atoms with Crippen LogP contribution in [0.2, 0.25) is 0 Å². The number of hydrogen-bond donors (Lipinski definition) is 1. The van der Waals surface area contributed by atoms with Gasteiger partial charge in [0.25, 0.3) is 0 Å². The van der Waals surface area contributed by atoms with E-state index >= 15 is 0 Å². The molecule has 0 heterocycles. The van der Waals surface area contributed by atoms with Crippen molar-refractivity contribution in [3.05, 3.63) is 29.8 Å². The second kappa shape index (κ2) is 5.55. The van der Waals surface area contributed by atoms with E-state index in [2.05, 4.69) is 4.74 Å². The third-order valence-electron chi connectivity index (χ3n) is 2.81. The average molecular weight is 326 g/mol. The molecular weight excluding hydrogens is 313 g/mol. The fraction of sp³-hybridized carbons (Fsp3) is 0.417. The predicted octanol–water partition coefficient (Wildman–Crippen LogP) is 2.36. The van der Waals surface area contributed by atoms with Crippen molar-refractivity contribution < 1.29 is 36.2 Å². The van der Waals surface area contributed by atoms with Crippen molar-refractivity contribution in [1.82, 2.24) is 0 Å². The van der Waals surface area contributed by atoms with Crippen molar-refractivity contribution in [2.75, 3.05) is 0 Å². The topological polar surface area (TPSA) is 80.7 Å². The lowest BCUT2D eigenvalue weighted by atomic mass is 10.2. The average Bonchev–Trinajstić information content (AvgIpc) is 2.29. The van der Waals surface area contributed by atoms with Gasteiger partial charge in [0.15, 0.2) is 14.6 Å². The van der Waals surface area contributed by atoms with E-state index in [0.29, 0.717) is 0 Å². The lowest BCUT2D eigenvalue weighted by molar-refractivity contribution is -0.274. The van der Waals surface area contributed by atoms with Gasteiger partial charge < -0.3 is 9.84 Å². The molecule has 0 unspecified atom stereocenters. The molecule has 0 atom stereocenters. The molecule has 0 amide bonds. The van der Waals surface area contributed by atoms with Crippen LogP contribution < -0.4 is 4.74 Å². The van der Waals surface area contributed by atoms with Crippen LogP contribution in [-0.2, 0) is 20.4 Å². The highest BCUT2D eigenvalue weighted by molar-refractivity contribution is 7.92. The van der Waals surface area contributed by atoms with Gasteiger partial charge in [-0.05, 0) is 31.5 Å². The molecule has 1 rings (SSSR count). The molecule has 0 spiro atoms. The largest absolute Gasteiger partial charge is 0.573 e. The molecule has 118 valence electrons. The van der Waals surface area contributed by atoms with Gasteiger partial charge in [-0.25, -0.2) is 8.42 Å². The first-order chi connectivity index (χ1) is 9.35. The van der Waals surface area contributed by atoms with E-state index in [1.165, 1.54) is 0 Å². The number of carbonyl (C=O) groups is 1. The summed E-state index contributed by atoms with van der Waals surface area (Å²) in [6.07, 6.45) is -4.83. The van der Waals surface area contributed by atoms with Gasteiger partial charge in [-0.15, -0.1) is 13.2 Å². The van der Waals surface area contributed by atoms with Gasteiger partial charge in [0.2, 0.25) is 0 Å². The Hall–Kier alpha value is -1.77. The molecular formula is C12H13F3O5S. The maximum Gasteiger partial charge on any atom is 0.573 e. The predicted molar refractivity (Wildman–Crippen MR) is 67.5 cm³/mol. The monoisotopic (exact) mass is 326 g/mol. The number of benzene rings is 1. The van der Waals surface area contributed by atoms with E-state index in [1.54, 1.807) is 0 Å². The van der Waals surface area contributed by atoms with Gasteiger partial charge in [0.05, 0.1) is 5.75 Å². The number of hydrogen-bond acceptors (Lipinski definition) is 4. The van der Waals surface area contributed by atoms with Crippen molar-refractivity contribution in [1.29, 1.82) is 0 Å². The van der Waals surface area contributed by atoms with Gasteiger partial charge >= 0.3 is 12.3 Å². The Morgan fingerprint density at radius 1 is 1.19 bits per heavy atom. The molecule has 9 heteroatoms. The van der Waals surface area contributed by atoms with Gasteiger partial charge in [-0.1, -0.05) is 12.1 Å². The molecule has 0 aliphatic rings. The number of rotatable bonds is 5. The van der Waals surface area contributed by atoms with E-state index < -0.39 is 38.4 Å². The first-order valence-corrected chi connectivity index (χ1v) is 7.31. The molecule has 1 aromatic carbocycles. The van der Waals surface area contributed by atoms with E-state index in [1.807, 2.05) is 0 Å². The molecule has 0 bridgehead atoms. The molecule has 0 radical (unpaired) electrons. The maximum absolute atomic E-state index is 12.0. The molecule has 21 heavy (non-hydrogen) atoms. The third kappa shape index (κ3) is 4.35. The maximum atomic E-state index is 12.0. The molecule has 0 aliphatic heterocycles. The summed E-state index contributed by atoms with van der Waals surface area (Å²) in [6.45, 7) is 2.09. The van der Waals surface area contributed by atoms with Crippen LogP contribution in [-0.4, -0.2) is 30.6 Å². The zero-order chi connectivity index (χ0) is 16.5. The SMILES string of the molecule is CC(C)(C(=O)O)S(=O)(=O)Cc1ccc(OC(F)(F)F)cc1. The van der Waals surface area contributed by atoms with Crippen LogP contribution >= 0.6 is 0 Å². The van der Waals surface area contributed by atoms with E-state index in [4.69, 9.17) is 5.11 Å². The van der Waals surface area contributed by atoms with E-state index in [9.17, 15) is 26.4 Å². The number of sulfone groups is 1. The Morgan fingerprint density at radius 2 is 1.67 bits per heavy atom. The third-order valence-corrected chi connectivity index (χ3v) is 5.25. The number of halogens is 3. The number of carboxylic acid groups (broad SMARTS) is 1. The van der Waals surface area contributed by atoms with Crippen molar-refractivity contribution in [3.63, 3.8) is 0 Å². The highest BCUT2D eigenvalue weighted by Gasteiger charge is 2.41. The fourth-order valence-corrected chi connectivity index (χ4v) is 2.58. The first kappa shape index (κ1) is 17.3. The smallest absolute Gasteiger partial charge is 0.480 e. The summed E-state index contributed by atoms with van der Waals surface area (Å²) in [7, 11) is -4.02. The Morgan fingerprint density at radius 3 is 2.05 bits per heavy atom. The Labute approximate surface area is 119 Å². The summed E-state index contributed by atoms with van der Waals surface area (Å²) in [5, 5.41) is 8.90. The molecule has 0 saturated carbocycles. The van der Waals surface area contributed by atoms with Crippen molar-refractivity contribution >= 4 is 15.8 Å². The van der Waals surface area contributed by atoms with Gasteiger partial charge in [0, 0.05) is 0 Å². The second-order valence-corrected chi connectivity index (χ2v) is 7.31. The summed E-state index contributed by atoms with van der Waals surface area (Å²) in [6, 6.07) is 4.20. The Kier molecular flexibility index (Phi) is 4.57. The lowest BCUT2D eigenvalue weighted by Gasteiger charge is -2.19. The number of alkyl halides is 3. The highest BCUT2D eigenvalue weighted by Crippen LogP contribution is 2.25. The Balaban J connectivity index is 2.93. The zero-order valence-electron chi connectivity index (χ0n) is 11.1. The summed E-state index contributed by atoms with van der Waals surface area (Å²) < 4.78 is 61.6. The lowest BCUT2D eigenvalue weighted by Crippen LogP contribution is -2.41. The van der Waals surface area contributed by atoms with Crippen LogP contribution in [0.4, 0.5) is 13.2 Å². The van der Waals surface area contributed by atoms with Crippen LogP contribution in [0.1, 0.15) is 19.4 Å². The van der Waals surface area contributed by atoms with Gasteiger partial charge in [0.1, 0.15) is 5.75 Å². The minimum Gasteiger partial charge on any atom is -0.480 e. The quantitative estimate of drug-likeness (QED) is 0.898. The normalized spacial score (nSPS) is 13.0. The first-order valence-electron chi connectivity index (χ1n) is 5.65. The number of ether oxygens (including phenoxy) is 1. The number of aliphatic carboxylic acids is 1. The van der Waals surface area contributed by atoms with E-state index in [-0.39, 0.29) is 5.56 Å². The molecule has 0 aromatic heterocycles. The molecule has 0 saturated heterocycles. The molecule has 5 nitrogen and oxygen atoms in total. The minimum absolute atomic E-state index is 0.166. The second-order valence-electron chi connectivity index (χ2n) is 4.77. The molecule has 1 N–H and O–H groups in total. The van der Waals surface area contributed by atoms with Crippen molar-refractivity contribution in [2.24, 2.45) is 0 Å². The zero-order valence-corrected chi connectivity index (χ0v) is 12.0. The standard InChI is InChI=1S/C12H13F3O5S/c1-11(2,10(16)17)21(18,19)7-8-3-5-9(6-4-8)20-12(13,14)15/h3-6H,7H2,1-2H3,(H,16,17). The molecule has 0 aliphatic carbocycles. The summed E-state index contributed by atoms with van der Waals surface area (Å²) in [5.41, 5.74) is 0.166. The number of carboxylic acids is 1. The summed E-state index contributed by atoms with van der Waals surface area (Å²) in [5.74, 6) is -2.58. The Bertz CT molecular complexity index is 617. The van der Waals surface area contributed by atoms with Crippen LogP contribution in [0, 0.1) is 0 Å². The summed E-state index contributed by atoms with van der Waals surface area (Å²) >= 11 is 0. The molecule has 0 fully saturated rings. The van der Waals surface area contributed by atoms with Gasteiger partial charge in [-0.2, -0.15) is 0 Å².